The summed E-state index contributed by atoms with van der Waals surface area (Å²) in [7, 11) is 0. The fourth-order valence-corrected chi connectivity index (χ4v) is 1.94. The number of carbonyl (C=O) groups excluding carboxylic acids is 1. The molecule has 1 aromatic rings. The third-order valence-corrected chi connectivity index (χ3v) is 3.33. The van der Waals surface area contributed by atoms with Crippen molar-refractivity contribution in [3.05, 3.63) is 22.7 Å². The molecular weight excluding hydrogens is 278 g/mol. The van der Waals surface area contributed by atoms with Gasteiger partial charge in [0.2, 0.25) is 0 Å². The molecule has 5 nitrogen and oxygen atoms in total. The Morgan fingerprint density at radius 2 is 2.05 bits per heavy atom. The van der Waals surface area contributed by atoms with Gasteiger partial charge in [-0.3, -0.25) is 4.79 Å². The third-order valence-electron chi connectivity index (χ3n) is 3.06. The predicted molar refractivity (Wildman–Crippen MR) is 78.9 cm³/mol. The maximum absolute atomic E-state index is 12.3. The lowest BCUT2D eigenvalue weighted by molar-refractivity contribution is 0.0911. The number of aliphatic hydroxyl groups is 1. The van der Waals surface area contributed by atoms with Gasteiger partial charge in [-0.15, -0.1) is 0 Å². The van der Waals surface area contributed by atoms with Crippen LogP contribution in [-0.2, 0) is 0 Å². The van der Waals surface area contributed by atoms with E-state index in [0.717, 1.165) is 0 Å². The Balaban J connectivity index is 2.93. The summed E-state index contributed by atoms with van der Waals surface area (Å²) < 4.78 is 0. The first-order valence-corrected chi connectivity index (χ1v) is 7.18. The first kappa shape index (κ1) is 16.9. The van der Waals surface area contributed by atoms with Crippen LogP contribution in [0.15, 0.2) is 6.20 Å². The molecule has 112 valence electrons. The van der Waals surface area contributed by atoms with Crippen LogP contribution in [0, 0.1) is 5.92 Å². The van der Waals surface area contributed by atoms with E-state index in [-0.39, 0.29) is 41.1 Å². The molecule has 0 bridgehead atoms. The van der Waals surface area contributed by atoms with E-state index in [1.54, 1.807) is 0 Å². The average Bonchev–Trinajstić information content (AvgIpc) is 2.38. The highest BCUT2D eigenvalue weighted by Crippen LogP contribution is 2.17. The highest BCUT2D eigenvalue weighted by atomic mass is 35.5. The Hall–Kier alpha value is -1.20. The molecule has 1 rings (SSSR count). The van der Waals surface area contributed by atoms with Crippen molar-refractivity contribution in [1.29, 1.82) is 0 Å². The monoisotopic (exact) mass is 299 g/mol. The number of hydrogen-bond acceptors (Lipinski definition) is 4. The molecule has 0 saturated carbocycles. The van der Waals surface area contributed by atoms with Crippen molar-refractivity contribution < 1.29 is 9.90 Å². The lowest BCUT2D eigenvalue weighted by Gasteiger charge is -2.21. The second-order valence-corrected chi connectivity index (χ2v) is 5.82. The molecule has 1 unspecified atom stereocenters. The van der Waals surface area contributed by atoms with Crippen molar-refractivity contribution >= 4 is 17.5 Å². The van der Waals surface area contributed by atoms with Gasteiger partial charge in [0.25, 0.3) is 5.91 Å². The zero-order valence-corrected chi connectivity index (χ0v) is 13.1. The van der Waals surface area contributed by atoms with E-state index in [1.165, 1.54) is 6.20 Å². The van der Waals surface area contributed by atoms with Gasteiger partial charge < -0.3 is 10.4 Å². The van der Waals surface area contributed by atoms with Gasteiger partial charge in [0, 0.05) is 18.6 Å². The van der Waals surface area contributed by atoms with E-state index in [2.05, 4.69) is 15.3 Å². The SMILES string of the molecule is CC(C)c1ncc(Cl)c(C(=O)NC(CCO)C(C)C)n1. The molecule has 1 aromatic heterocycles. The number of nitrogens with one attached hydrogen (secondary N) is 1. The largest absolute Gasteiger partial charge is 0.396 e. The van der Waals surface area contributed by atoms with Crippen LogP contribution in [0.25, 0.3) is 0 Å². The number of nitrogens with zero attached hydrogens (tertiary/aromatic N) is 2. The standard InChI is InChI=1S/C14H22ClN3O2/c1-8(2)11(5-6-19)17-14(20)12-10(15)7-16-13(18-12)9(3)4/h7-9,11,19H,5-6H2,1-4H3,(H,17,20). The van der Waals surface area contributed by atoms with Crippen LogP contribution >= 0.6 is 11.6 Å². The fraction of sp³-hybridized carbons (Fsp3) is 0.643. The Morgan fingerprint density at radius 3 is 2.55 bits per heavy atom. The van der Waals surface area contributed by atoms with Gasteiger partial charge in [-0.25, -0.2) is 9.97 Å². The molecule has 0 spiro atoms. The van der Waals surface area contributed by atoms with Crippen molar-refractivity contribution in [1.82, 2.24) is 15.3 Å². The molecule has 0 fully saturated rings. The molecule has 0 aliphatic heterocycles. The third kappa shape index (κ3) is 4.42. The first-order chi connectivity index (χ1) is 9.36. The number of carbonyl (C=O) groups is 1. The Labute approximate surface area is 124 Å². The Kier molecular flexibility index (Phi) is 6.36. The van der Waals surface area contributed by atoms with Gasteiger partial charge in [0.1, 0.15) is 11.5 Å². The smallest absolute Gasteiger partial charge is 0.271 e. The van der Waals surface area contributed by atoms with E-state index in [1.807, 2.05) is 27.7 Å². The van der Waals surface area contributed by atoms with Gasteiger partial charge in [-0.1, -0.05) is 39.3 Å². The summed E-state index contributed by atoms with van der Waals surface area (Å²) in [6.07, 6.45) is 1.96. The number of amides is 1. The lowest BCUT2D eigenvalue weighted by Crippen LogP contribution is -2.39. The lowest BCUT2D eigenvalue weighted by atomic mass is 10.0. The van der Waals surface area contributed by atoms with Gasteiger partial charge in [-0.2, -0.15) is 0 Å². The van der Waals surface area contributed by atoms with Crippen LogP contribution in [-0.4, -0.2) is 33.6 Å². The Morgan fingerprint density at radius 1 is 1.40 bits per heavy atom. The molecule has 20 heavy (non-hydrogen) atoms. The number of aromatic nitrogens is 2. The van der Waals surface area contributed by atoms with Crippen molar-refractivity contribution in [3.8, 4) is 0 Å². The normalized spacial score (nSPS) is 12.8. The summed E-state index contributed by atoms with van der Waals surface area (Å²) in [5.41, 5.74) is 0.189. The van der Waals surface area contributed by atoms with Crippen molar-refractivity contribution in [3.63, 3.8) is 0 Å². The van der Waals surface area contributed by atoms with Gasteiger partial charge in [0.15, 0.2) is 0 Å². The zero-order chi connectivity index (χ0) is 15.3. The molecule has 0 radical (unpaired) electrons. The van der Waals surface area contributed by atoms with Gasteiger partial charge in [-0.05, 0) is 12.3 Å². The molecular formula is C14H22ClN3O2. The molecule has 6 heteroatoms. The van der Waals surface area contributed by atoms with Crippen LogP contribution < -0.4 is 5.32 Å². The van der Waals surface area contributed by atoms with Crippen LogP contribution in [0.5, 0.6) is 0 Å². The molecule has 1 heterocycles. The maximum atomic E-state index is 12.3. The molecule has 0 aliphatic carbocycles. The molecule has 0 saturated heterocycles. The van der Waals surface area contributed by atoms with Crippen molar-refractivity contribution in [2.75, 3.05) is 6.61 Å². The van der Waals surface area contributed by atoms with E-state index in [4.69, 9.17) is 16.7 Å². The number of hydrogen-bond donors (Lipinski definition) is 2. The summed E-state index contributed by atoms with van der Waals surface area (Å²) in [5, 5.41) is 12.1. The van der Waals surface area contributed by atoms with Crippen LogP contribution in [0.2, 0.25) is 5.02 Å². The predicted octanol–water partition coefficient (Wildman–Crippen LogP) is 2.39. The second kappa shape index (κ2) is 7.55. The van der Waals surface area contributed by atoms with E-state index < -0.39 is 0 Å². The maximum Gasteiger partial charge on any atom is 0.271 e. The van der Waals surface area contributed by atoms with Crippen LogP contribution in [0.3, 0.4) is 0 Å². The number of aliphatic hydroxyl groups excluding tert-OH is 1. The molecule has 1 amide bonds. The summed E-state index contributed by atoms with van der Waals surface area (Å²) in [6.45, 7) is 7.91. The molecule has 0 aliphatic rings. The van der Waals surface area contributed by atoms with Crippen molar-refractivity contribution in [2.45, 2.75) is 46.1 Å². The highest BCUT2D eigenvalue weighted by molar-refractivity contribution is 6.33. The van der Waals surface area contributed by atoms with E-state index >= 15 is 0 Å². The fourth-order valence-electron chi connectivity index (χ4n) is 1.77. The van der Waals surface area contributed by atoms with Gasteiger partial charge in [0.05, 0.1) is 11.2 Å². The second-order valence-electron chi connectivity index (χ2n) is 5.42. The van der Waals surface area contributed by atoms with Gasteiger partial charge >= 0.3 is 0 Å². The van der Waals surface area contributed by atoms with E-state index in [9.17, 15) is 4.79 Å². The van der Waals surface area contributed by atoms with Crippen LogP contribution in [0.4, 0.5) is 0 Å². The quantitative estimate of drug-likeness (QED) is 0.846. The first-order valence-electron chi connectivity index (χ1n) is 6.81. The molecule has 0 aromatic carbocycles. The minimum absolute atomic E-state index is 0.0257. The zero-order valence-electron chi connectivity index (χ0n) is 12.4. The number of rotatable bonds is 6. The van der Waals surface area contributed by atoms with Crippen LogP contribution in [0.1, 0.15) is 56.3 Å². The molecule has 1 atom stereocenters. The average molecular weight is 300 g/mol. The highest BCUT2D eigenvalue weighted by Gasteiger charge is 2.20. The van der Waals surface area contributed by atoms with Crippen molar-refractivity contribution in [2.24, 2.45) is 5.92 Å². The summed E-state index contributed by atoms with van der Waals surface area (Å²) in [4.78, 5) is 20.6. The summed E-state index contributed by atoms with van der Waals surface area (Å²) in [6, 6.07) is -0.110. The minimum atomic E-state index is -0.327. The van der Waals surface area contributed by atoms with E-state index in [0.29, 0.717) is 12.2 Å². The number of halogens is 1. The summed E-state index contributed by atoms with van der Waals surface area (Å²) in [5.74, 6) is 0.600. The topological polar surface area (TPSA) is 75.1 Å². The Bertz CT molecular complexity index is 464. The molecule has 2 N–H and O–H groups in total. The summed E-state index contributed by atoms with van der Waals surface area (Å²) >= 11 is 6.00. The minimum Gasteiger partial charge on any atom is -0.396 e.